The van der Waals surface area contributed by atoms with Crippen molar-refractivity contribution in [3.8, 4) is 0 Å². The first-order valence-electron chi connectivity index (χ1n) is 5.14. The first-order chi connectivity index (χ1) is 7.76. The molecule has 0 unspecified atom stereocenters. The van der Waals surface area contributed by atoms with E-state index in [9.17, 15) is 9.59 Å². The van der Waals surface area contributed by atoms with Gasteiger partial charge < -0.3 is 20.5 Å². The number of thioether (sulfide) groups is 1. The number of nitrogens with one attached hydrogen (secondary N) is 1. The van der Waals surface area contributed by atoms with Crippen molar-refractivity contribution in [2.75, 3.05) is 18.7 Å². The van der Waals surface area contributed by atoms with Gasteiger partial charge in [-0.1, -0.05) is 0 Å². The Kier molecular flexibility index (Phi) is 6.98. The summed E-state index contributed by atoms with van der Waals surface area (Å²) in [5.41, 5.74) is 4.99. The summed E-state index contributed by atoms with van der Waals surface area (Å²) in [5.74, 6) is 0.247. The van der Waals surface area contributed by atoms with Gasteiger partial charge in [0.15, 0.2) is 0 Å². The molecule has 0 saturated heterocycles. The Morgan fingerprint density at radius 3 is 2.47 bits per heavy atom. The lowest BCUT2D eigenvalue weighted by molar-refractivity contribution is -0.141. The summed E-state index contributed by atoms with van der Waals surface area (Å²) in [6.07, 6.45) is -0.489. The molecule has 0 aliphatic heterocycles. The van der Waals surface area contributed by atoms with Crippen molar-refractivity contribution in [1.29, 1.82) is 0 Å². The fraction of sp³-hybridized carbons (Fsp3) is 0.800. The lowest BCUT2D eigenvalue weighted by atomic mass is 10.2. The second-order valence-corrected chi connectivity index (χ2v) is 5.35. The average Bonchev–Trinajstić information content (AvgIpc) is 2.20. The van der Waals surface area contributed by atoms with Gasteiger partial charge in [-0.2, -0.15) is 0 Å². The van der Waals surface area contributed by atoms with Gasteiger partial charge in [0.05, 0.1) is 13.0 Å². The first kappa shape index (κ1) is 16.1. The maximum absolute atomic E-state index is 11.2. The normalized spacial score (nSPS) is 12.8. The van der Waals surface area contributed by atoms with Gasteiger partial charge in [0.1, 0.15) is 11.6 Å². The van der Waals surface area contributed by atoms with Crippen molar-refractivity contribution >= 4 is 23.8 Å². The molecule has 3 N–H and O–H groups in total. The number of amides is 1. The Bertz CT molecular complexity index is 266. The number of nitrogens with two attached hydrogens (primary N) is 1. The topological polar surface area (TPSA) is 90.6 Å². The van der Waals surface area contributed by atoms with Gasteiger partial charge in [0.25, 0.3) is 0 Å². The van der Waals surface area contributed by atoms with E-state index in [1.54, 1.807) is 20.8 Å². The van der Waals surface area contributed by atoms with Crippen molar-refractivity contribution in [1.82, 2.24) is 5.32 Å². The molecule has 0 saturated carbocycles. The lowest BCUT2D eigenvalue weighted by Gasteiger charge is -2.19. The molecule has 6 nitrogen and oxygen atoms in total. The van der Waals surface area contributed by atoms with E-state index in [1.165, 1.54) is 18.9 Å². The van der Waals surface area contributed by atoms with E-state index in [4.69, 9.17) is 10.5 Å². The summed E-state index contributed by atoms with van der Waals surface area (Å²) in [7, 11) is 1.28. The highest BCUT2D eigenvalue weighted by molar-refractivity contribution is 7.99. The van der Waals surface area contributed by atoms with Gasteiger partial charge in [0, 0.05) is 5.75 Å². The minimum atomic E-state index is -0.676. The maximum atomic E-state index is 11.2. The molecule has 0 radical (unpaired) electrons. The zero-order valence-electron chi connectivity index (χ0n) is 10.6. The third-order valence-electron chi connectivity index (χ3n) is 1.52. The van der Waals surface area contributed by atoms with Crippen LogP contribution in [-0.2, 0) is 14.3 Å². The number of methoxy groups -OCH3 is 1. The molecule has 1 atom stereocenters. The first-order valence-corrected chi connectivity index (χ1v) is 6.29. The number of carbonyl (C=O) groups is 2. The molecule has 7 heteroatoms. The van der Waals surface area contributed by atoms with Gasteiger partial charge in [-0.3, -0.25) is 4.79 Å². The molecule has 0 fully saturated rings. The molecule has 0 aromatic carbocycles. The molecule has 100 valence electrons. The number of esters is 1. The fourth-order valence-corrected chi connectivity index (χ4v) is 1.56. The van der Waals surface area contributed by atoms with E-state index >= 15 is 0 Å². The zero-order chi connectivity index (χ0) is 13.5. The van der Waals surface area contributed by atoms with Crippen LogP contribution in [0.15, 0.2) is 0 Å². The Hall–Kier alpha value is -0.950. The van der Waals surface area contributed by atoms with Crippen LogP contribution in [0.25, 0.3) is 0 Å². The van der Waals surface area contributed by atoms with Gasteiger partial charge in [-0.05, 0) is 20.8 Å². The van der Waals surface area contributed by atoms with Crippen LogP contribution in [0.2, 0.25) is 0 Å². The average molecular weight is 264 g/mol. The van der Waals surface area contributed by atoms with Gasteiger partial charge in [0.2, 0.25) is 0 Å². The number of rotatable bonds is 5. The molecule has 0 aliphatic rings. The maximum Gasteiger partial charge on any atom is 0.408 e. The van der Waals surface area contributed by atoms with Crippen LogP contribution in [-0.4, -0.2) is 42.4 Å². The summed E-state index contributed by atoms with van der Waals surface area (Å²) in [5, 5.41) is 2.55. The predicted octanol–water partition coefficient (Wildman–Crippen LogP) is 0.702. The van der Waals surface area contributed by atoms with E-state index in [0.29, 0.717) is 11.6 Å². The van der Waals surface area contributed by atoms with Crippen LogP contribution in [0.5, 0.6) is 0 Å². The number of carbonyl (C=O) groups excluding carboxylic acids is 2. The third-order valence-corrected chi connectivity index (χ3v) is 2.46. The lowest BCUT2D eigenvalue weighted by Crippen LogP contribution is -2.35. The van der Waals surface area contributed by atoms with Crippen molar-refractivity contribution in [2.45, 2.75) is 32.4 Å². The third kappa shape index (κ3) is 8.82. The molecule has 0 aliphatic carbocycles. The molecular formula is C10H20N2O4S. The van der Waals surface area contributed by atoms with E-state index in [0.717, 1.165) is 0 Å². The molecule has 0 rings (SSSR count). The number of hydrogen-bond donors (Lipinski definition) is 2. The Labute approximate surface area is 106 Å². The quantitative estimate of drug-likeness (QED) is 0.431. The van der Waals surface area contributed by atoms with E-state index < -0.39 is 23.7 Å². The van der Waals surface area contributed by atoms with E-state index in [-0.39, 0.29) is 0 Å². The predicted molar refractivity (Wildman–Crippen MR) is 66.7 cm³/mol. The molecular weight excluding hydrogens is 244 g/mol. The van der Waals surface area contributed by atoms with Gasteiger partial charge >= 0.3 is 12.1 Å². The standard InChI is InChI=1S/C10H20N2O4S/c1-10(2,3)16-9(14)12-6-17-5-7(11)8(13)15-4/h7H,5-6,11H2,1-4H3,(H,12,14)/t7-/m0/s1. The van der Waals surface area contributed by atoms with Gasteiger partial charge in [-0.25, -0.2) is 4.79 Å². The van der Waals surface area contributed by atoms with E-state index in [2.05, 4.69) is 10.1 Å². The van der Waals surface area contributed by atoms with Crippen molar-refractivity contribution in [2.24, 2.45) is 5.73 Å². The van der Waals surface area contributed by atoms with Crippen LogP contribution in [0, 0.1) is 0 Å². The molecule has 0 aromatic heterocycles. The summed E-state index contributed by atoms with van der Waals surface area (Å²) in [4.78, 5) is 22.2. The van der Waals surface area contributed by atoms with Crippen LogP contribution in [0.4, 0.5) is 4.79 Å². The summed E-state index contributed by atoms with van der Waals surface area (Å²) in [6, 6.07) is -0.676. The molecule has 0 bridgehead atoms. The molecule has 0 spiro atoms. The Morgan fingerprint density at radius 2 is 2.00 bits per heavy atom. The summed E-state index contributed by atoms with van der Waals surface area (Å²) < 4.78 is 9.49. The Balaban J connectivity index is 3.65. The number of alkyl carbamates (subject to hydrolysis) is 1. The van der Waals surface area contributed by atoms with Crippen LogP contribution in [0.3, 0.4) is 0 Å². The van der Waals surface area contributed by atoms with Crippen molar-refractivity contribution in [3.63, 3.8) is 0 Å². The van der Waals surface area contributed by atoms with E-state index in [1.807, 2.05) is 0 Å². The highest BCUT2D eigenvalue weighted by Gasteiger charge is 2.16. The number of ether oxygens (including phenoxy) is 2. The molecule has 1 amide bonds. The van der Waals surface area contributed by atoms with Crippen LogP contribution >= 0.6 is 11.8 Å². The SMILES string of the molecule is COC(=O)[C@@H](N)CSCNC(=O)OC(C)(C)C. The van der Waals surface area contributed by atoms with Crippen molar-refractivity contribution in [3.05, 3.63) is 0 Å². The van der Waals surface area contributed by atoms with Gasteiger partial charge in [-0.15, -0.1) is 11.8 Å². The molecule has 0 aromatic rings. The van der Waals surface area contributed by atoms with Crippen LogP contribution in [0.1, 0.15) is 20.8 Å². The second kappa shape index (κ2) is 7.39. The van der Waals surface area contributed by atoms with Crippen LogP contribution < -0.4 is 11.1 Å². The highest BCUT2D eigenvalue weighted by Crippen LogP contribution is 2.07. The Morgan fingerprint density at radius 1 is 1.41 bits per heavy atom. The minimum Gasteiger partial charge on any atom is -0.468 e. The summed E-state index contributed by atoms with van der Waals surface area (Å²) in [6.45, 7) is 5.35. The second-order valence-electron chi connectivity index (χ2n) is 4.32. The summed E-state index contributed by atoms with van der Waals surface area (Å²) >= 11 is 1.32. The minimum absolute atomic E-state index is 0.333. The highest BCUT2D eigenvalue weighted by atomic mass is 32.2. The molecule has 0 heterocycles. The zero-order valence-corrected chi connectivity index (χ0v) is 11.4. The fourth-order valence-electron chi connectivity index (χ4n) is 0.829. The molecule has 17 heavy (non-hydrogen) atoms. The van der Waals surface area contributed by atoms with Crippen molar-refractivity contribution < 1.29 is 19.1 Å². The monoisotopic (exact) mass is 264 g/mol. The smallest absolute Gasteiger partial charge is 0.408 e. The number of hydrogen-bond acceptors (Lipinski definition) is 6. The largest absolute Gasteiger partial charge is 0.468 e.